The van der Waals surface area contributed by atoms with Gasteiger partial charge in [0.1, 0.15) is 17.3 Å². The van der Waals surface area contributed by atoms with E-state index in [4.69, 9.17) is 0 Å². The van der Waals surface area contributed by atoms with Crippen molar-refractivity contribution in [2.24, 2.45) is 0 Å². The molecule has 1 amide bonds. The number of hydrogen-bond donors (Lipinski definition) is 1. The summed E-state index contributed by atoms with van der Waals surface area (Å²) in [5.74, 6) is 1.03. The predicted molar refractivity (Wildman–Crippen MR) is 98.2 cm³/mol. The SMILES string of the molecule is CC1Cc2ccccc2N1c1cccc(C(=O)Nc2ccccn2)n1. The highest BCUT2D eigenvalue weighted by Gasteiger charge is 2.28. The van der Waals surface area contributed by atoms with Gasteiger partial charge in [-0.1, -0.05) is 30.3 Å². The molecule has 0 spiro atoms. The average molecular weight is 330 g/mol. The maximum atomic E-state index is 12.5. The first-order valence-corrected chi connectivity index (χ1v) is 8.29. The zero-order chi connectivity index (χ0) is 17.2. The highest BCUT2D eigenvalue weighted by atomic mass is 16.1. The van der Waals surface area contributed by atoms with Crippen LogP contribution >= 0.6 is 0 Å². The summed E-state index contributed by atoms with van der Waals surface area (Å²) in [4.78, 5) is 23.4. The van der Waals surface area contributed by atoms with E-state index in [-0.39, 0.29) is 5.91 Å². The van der Waals surface area contributed by atoms with Crippen molar-refractivity contribution in [1.29, 1.82) is 0 Å². The van der Waals surface area contributed by atoms with Crippen LogP contribution in [0.25, 0.3) is 0 Å². The number of hydrogen-bond acceptors (Lipinski definition) is 4. The number of aromatic nitrogens is 2. The van der Waals surface area contributed by atoms with Gasteiger partial charge < -0.3 is 10.2 Å². The molecule has 5 nitrogen and oxygen atoms in total. The second kappa shape index (κ2) is 6.36. The zero-order valence-corrected chi connectivity index (χ0v) is 13.9. The van der Waals surface area contributed by atoms with E-state index in [0.717, 1.165) is 17.9 Å². The molecule has 0 aliphatic carbocycles. The molecule has 1 N–H and O–H groups in total. The molecule has 0 fully saturated rings. The van der Waals surface area contributed by atoms with E-state index in [1.54, 1.807) is 24.4 Å². The van der Waals surface area contributed by atoms with Gasteiger partial charge in [0.15, 0.2) is 0 Å². The molecule has 1 atom stereocenters. The summed E-state index contributed by atoms with van der Waals surface area (Å²) in [6.07, 6.45) is 2.62. The average Bonchev–Trinajstić information content (AvgIpc) is 2.98. The van der Waals surface area contributed by atoms with Gasteiger partial charge in [0, 0.05) is 17.9 Å². The topological polar surface area (TPSA) is 58.1 Å². The molecule has 1 aliphatic rings. The Hall–Kier alpha value is -3.21. The van der Waals surface area contributed by atoms with Crippen LogP contribution in [0.1, 0.15) is 23.0 Å². The monoisotopic (exact) mass is 330 g/mol. The quantitative estimate of drug-likeness (QED) is 0.793. The Balaban J connectivity index is 1.63. The van der Waals surface area contributed by atoms with Crippen LogP contribution in [0.2, 0.25) is 0 Å². The van der Waals surface area contributed by atoms with Crippen LogP contribution in [0.4, 0.5) is 17.3 Å². The second-order valence-corrected chi connectivity index (χ2v) is 6.10. The minimum atomic E-state index is -0.263. The van der Waals surface area contributed by atoms with Crippen LogP contribution in [0.5, 0.6) is 0 Å². The molecule has 124 valence electrons. The molecule has 2 aromatic heterocycles. The van der Waals surface area contributed by atoms with Crippen molar-refractivity contribution >= 4 is 23.2 Å². The van der Waals surface area contributed by atoms with Gasteiger partial charge in [0.05, 0.1) is 0 Å². The summed E-state index contributed by atoms with van der Waals surface area (Å²) in [5.41, 5.74) is 2.84. The number of anilines is 3. The van der Waals surface area contributed by atoms with Crippen molar-refractivity contribution < 1.29 is 4.79 Å². The van der Waals surface area contributed by atoms with Gasteiger partial charge in [0.2, 0.25) is 0 Å². The lowest BCUT2D eigenvalue weighted by Crippen LogP contribution is -2.25. The molecule has 25 heavy (non-hydrogen) atoms. The Kier molecular flexibility index (Phi) is 3.90. The predicted octanol–water partition coefficient (Wildman–Crippen LogP) is 3.81. The summed E-state index contributed by atoms with van der Waals surface area (Å²) in [7, 11) is 0. The van der Waals surface area contributed by atoms with Gasteiger partial charge >= 0.3 is 0 Å². The Labute approximate surface area is 146 Å². The highest BCUT2D eigenvalue weighted by molar-refractivity contribution is 6.02. The van der Waals surface area contributed by atoms with Crippen LogP contribution in [0, 0.1) is 0 Å². The maximum Gasteiger partial charge on any atom is 0.275 e. The van der Waals surface area contributed by atoms with E-state index < -0.39 is 0 Å². The number of pyridine rings is 2. The normalized spacial score (nSPS) is 15.7. The van der Waals surface area contributed by atoms with Gasteiger partial charge in [-0.3, -0.25) is 4.79 Å². The Morgan fingerprint density at radius 3 is 2.76 bits per heavy atom. The largest absolute Gasteiger partial charge is 0.323 e. The number of nitrogens with one attached hydrogen (secondary N) is 1. The van der Waals surface area contributed by atoms with Crippen molar-refractivity contribution in [2.45, 2.75) is 19.4 Å². The molecule has 0 radical (unpaired) electrons. The Bertz CT molecular complexity index is 910. The lowest BCUT2D eigenvalue weighted by atomic mass is 10.1. The molecule has 1 aliphatic heterocycles. The molecular weight excluding hydrogens is 312 g/mol. The fourth-order valence-electron chi connectivity index (χ4n) is 3.22. The molecule has 0 saturated heterocycles. The van der Waals surface area contributed by atoms with E-state index in [1.807, 2.05) is 24.3 Å². The van der Waals surface area contributed by atoms with Crippen molar-refractivity contribution in [1.82, 2.24) is 9.97 Å². The third-order valence-electron chi connectivity index (χ3n) is 4.33. The van der Waals surface area contributed by atoms with Crippen molar-refractivity contribution in [3.05, 3.63) is 78.1 Å². The standard InChI is InChI=1S/C20H18N4O/c1-14-13-15-7-2-3-9-17(15)24(14)19-11-6-8-16(22-19)20(25)23-18-10-4-5-12-21-18/h2-12,14H,13H2,1H3,(H,21,23,25). The summed E-state index contributed by atoms with van der Waals surface area (Å²) < 4.78 is 0. The molecule has 4 rings (SSSR count). The second-order valence-electron chi connectivity index (χ2n) is 6.10. The third kappa shape index (κ3) is 2.96. The van der Waals surface area contributed by atoms with E-state index in [9.17, 15) is 4.79 Å². The number of rotatable bonds is 3. The van der Waals surface area contributed by atoms with Crippen LogP contribution < -0.4 is 10.2 Å². The van der Waals surface area contributed by atoms with Crippen LogP contribution in [-0.2, 0) is 6.42 Å². The first kappa shape index (κ1) is 15.3. The molecular formula is C20H18N4O. The van der Waals surface area contributed by atoms with E-state index in [1.165, 1.54) is 5.56 Å². The van der Waals surface area contributed by atoms with Gasteiger partial charge in [-0.15, -0.1) is 0 Å². The smallest absolute Gasteiger partial charge is 0.275 e. The van der Waals surface area contributed by atoms with Gasteiger partial charge in [-0.05, 0) is 49.2 Å². The van der Waals surface area contributed by atoms with E-state index in [0.29, 0.717) is 17.6 Å². The number of amides is 1. The third-order valence-corrected chi connectivity index (χ3v) is 4.33. The summed E-state index contributed by atoms with van der Waals surface area (Å²) >= 11 is 0. The molecule has 5 heteroatoms. The van der Waals surface area contributed by atoms with Crippen LogP contribution in [0.15, 0.2) is 66.9 Å². The number of fused-ring (bicyclic) bond motifs is 1. The minimum Gasteiger partial charge on any atom is -0.323 e. The minimum absolute atomic E-state index is 0.263. The number of carbonyl (C=O) groups is 1. The fraction of sp³-hybridized carbons (Fsp3) is 0.150. The van der Waals surface area contributed by atoms with Crippen LogP contribution in [-0.4, -0.2) is 21.9 Å². The van der Waals surface area contributed by atoms with Crippen molar-refractivity contribution in [2.75, 3.05) is 10.2 Å². The lowest BCUT2D eigenvalue weighted by Gasteiger charge is -2.24. The number of nitrogens with zero attached hydrogens (tertiary/aromatic N) is 3. The molecule has 0 saturated carbocycles. The van der Waals surface area contributed by atoms with E-state index in [2.05, 4.69) is 45.3 Å². The van der Waals surface area contributed by atoms with E-state index >= 15 is 0 Å². The van der Waals surface area contributed by atoms with Gasteiger partial charge in [0.25, 0.3) is 5.91 Å². The maximum absolute atomic E-state index is 12.5. The number of para-hydroxylation sites is 1. The van der Waals surface area contributed by atoms with Crippen molar-refractivity contribution in [3.8, 4) is 0 Å². The Morgan fingerprint density at radius 1 is 1.08 bits per heavy atom. The summed E-state index contributed by atoms with van der Waals surface area (Å²) in [5, 5.41) is 2.78. The molecule has 3 aromatic rings. The number of carbonyl (C=O) groups excluding carboxylic acids is 1. The highest BCUT2D eigenvalue weighted by Crippen LogP contribution is 2.37. The molecule has 3 heterocycles. The Morgan fingerprint density at radius 2 is 1.92 bits per heavy atom. The van der Waals surface area contributed by atoms with Crippen LogP contribution in [0.3, 0.4) is 0 Å². The zero-order valence-electron chi connectivity index (χ0n) is 13.9. The first-order valence-electron chi connectivity index (χ1n) is 8.29. The molecule has 1 unspecified atom stereocenters. The first-order chi connectivity index (χ1) is 12.2. The van der Waals surface area contributed by atoms with Gasteiger partial charge in [-0.2, -0.15) is 0 Å². The lowest BCUT2D eigenvalue weighted by molar-refractivity contribution is 0.102. The number of benzene rings is 1. The molecule has 0 bridgehead atoms. The van der Waals surface area contributed by atoms with Crippen molar-refractivity contribution in [3.63, 3.8) is 0 Å². The molecule has 1 aromatic carbocycles. The fourth-order valence-corrected chi connectivity index (χ4v) is 3.22. The summed E-state index contributed by atoms with van der Waals surface area (Å²) in [6, 6.07) is 19.5. The summed E-state index contributed by atoms with van der Waals surface area (Å²) in [6.45, 7) is 2.17. The van der Waals surface area contributed by atoms with Gasteiger partial charge in [-0.25, -0.2) is 9.97 Å².